The molecule has 0 aromatic carbocycles. The predicted molar refractivity (Wildman–Crippen MR) is 52.3 cm³/mol. The van der Waals surface area contributed by atoms with Crippen molar-refractivity contribution in [2.75, 3.05) is 6.26 Å². The van der Waals surface area contributed by atoms with Gasteiger partial charge in [-0.05, 0) is 19.9 Å². The molecule has 0 saturated carbocycles. The van der Waals surface area contributed by atoms with Gasteiger partial charge < -0.3 is 0 Å². The summed E-state index contributed by atoms with van der Waals surface area (Å²) in [7, 11) is -3.38. The van der Waals surface area contributed by atoms with E-state index in [0.29, 0.717) is 5.69 Å². The zero-order valence-electron chi connectivity index (χ0n) is 8.52. The summed E-state index contributed by atoms with van der Waals surface area (Å²) in [5.41, 5.74) is 1.63. The van der Waals surface area contributed by atoms with E-state index >= 15 is 0 Å². The van der Waals surface area contributed by atoms with Crippen molar-refractivity contribution in [1.29, 1.82) is 0 Å². The number of nitrogens with zero attached hydrogens (tertiary/aromatic N) is 2. The molecular formula is C8H14N2O3S. The minimum atomic E-state index is -3.38. The van der Waals surface area contributed by atoms with Crippen LogP contribution in [0, 0.1) is 6.92 Å². The molecule has 5 nitrogen and oxygen atoms in total. The van der Waals surface area contributed by atoms with E-state index in [1.54, 1.807) is 4.68 Å². The zero-order chi connectivity index (χ0) is 10.8. The van der Waals surface area contributed by atoms with Gasteiger partial charge in [0.1, 0.15) is 6.61 Å². The van der Waals surface area contributed by atoms with E-state index in [9.17, 15) is 8.42 Å². The summed E-state index contributed by atoms with van der Waals surface area (Å²) in [5.74, 6) is 0. The molecule has 6 heteroatoms. The first kappa shape index (κ1) is 11.2. The van der Waals surface area contributed by atoms with Crippen molar-refractivity contribution in [2.24, 2.45) is 0 Å². The molecule has 0 fully saturated rings. The third-order valence-corrected chi connectivity index (χ3v) is 2.30. The zero-order valence-corrected chi connectivity index (χ0v) is 9.34. The Labute approximate surface area is 83.8 Å². The van der Waals surface area contributed by atoms with Crippen LogP contribution in [0.5, 0.6) is 0 Å². The predicted octanol–water partition coefficient (Wildman–Crippen LogP) is 0.688. The minimum Gasteiger partial charge on any atom is -0.270 e. The standard InChI is InChI=1S/C8H14N2O3S/c1-4-10-7(2)5-8(9-10)6-13-14(3,11)12/h5H,4,6H2,1-3H3. The number of aromatic nitrogens is 2. The molecule has 80 valence electrons. The van der Waals surface area contributed by atoms with Crippen LogP contribution in [0.2, 0.25) is 0 Å². The fourth-order valence-electron chi connectivity index (χ4n) is 1.14. The van der Waals surface area contributed by atoms with Gasteiger partial charge in [-0.15, -0.1) is 0 Å². The van der Waals surface area contributed by atoms with E-state index in [4.69, 9.17) is 0 Å². The molecule has 0 N–H and O–H groups in total. The second kappa shape index (κ2) is 4.10. The van der Waals surface area contributed by atoms with Crippen molar-refractivity contribution in [3.05, 3.63) is 17.5 Å². The van der Waals surface area contributed by atoms with E-state index in [2.05, 4.69) is 9.28 Å². The van der Waals surface area contributed by atoms with Crippen molar-refractivity contribution in [3.63, 3.8) is 0 Å². The van der Waals surface area contributed by atoms with Crippen molar-refractivity contribution in [3.8, 4) is 0 Å². The Morgan fingerprint density at radius 3 is 2.64 bits per heavy atom. The summed E-state index contributed by atoms with van der Waals surface area (Å²) in [6.07, 6.45) is 1.02. The van der Waals surface area contributed by atoms with Gasteiger partial charge in [0.2, 0.25) is 0 Å². The Balaban J connectivity index is 2.69. The molecule has 0 bridgehead atoms. The van der Waals surface area contributed by atoms with Crippen molar-refractivity contribution in [1.82, 2.24) is 9.78 Å². The summed E-state index contributed by atoms with van der Waals surface area (Å²) < 4.78 is 27.8. The van der Waals surface area contributed by atoms with E-state index in [0.717, 1.165) is 18.5 Å². The lowest BCUT2D eigenvalue weighted by molar-refractivity contribution is 0.305. The smallest absolute Gasteiger partial charge is 0.264 e. The molecule has 0 spiro atoms. The Hall–Kier alpha value is -0.880. The highest BCUT2D eigenvalue weighted by atomic mass is 32.2. The van der Waals surface area contributed by atoms with Crippen LogP contribution in [0.15, 0.2) is 6.07 Å². The van der Waals surface area contributed by atoms with Gasteiger partial charge in [-0.3, -0.25) is 8.86 Å². The van der Waals surface area contributed by atoms with Gasteiger partial charge in [0.15, 0.2) is 0 Å². The molecule has 1 aromatic rings. The number of hydrogen-bond donors (Lipinski definition) is 0. The van der Waals surface area contributed by atoms with Gasteiger partial charge in [-0.1, -0.05) is 0 Å². The molecule has 0 aliphatic carbocycles. The lowest BCUT2D eigenvalue weighted by Gasteiger charge is -1.97. The second-order valence-corrected chi connectivity index (χ2v) is 4.70. The van der Waals surface area contributed by atoms with E-state index in [1.165, 1.54) is 0 Å². The molecule has 1 rings (SSSR count). The van der Waals surface area contributed by atoms with Crippen LogP contribution in [0.1, 0.15) is 18.3 Å². The third kappa shape index (κ3) is 3.12. The maximum atomic E-state index is 10.7. The molecule has 0 saturated heterocycles. The van der Waals surface area contributed by atoms with Crippen molar-refractivity contribution < 1.29 is 12.6 Å². The first-order valence-electron chi connectivity index (χ1n) is 4.30. The summed E-state index contributed by atoms with van der Waals surface area (Å²) in [5, 5.41) is 4.16. The SMILES string of the molecule is CCn1nc(COS(C)(=O)=O)cc1C. The highest BCUT2D eigenvalue weighted by molar-refractivity contribution is 7.85. The second-order valence-electron chi connectivity index (χ2n) is 3.06. The Morgan fingerprint density at radius 1 is 1.57 bits per heavy atom. The highest BCUT2D eigenvalue weighted by Gasteiger charge is 2.06. The molecule has 0 radical (unpaired) electrons. The molecule has 0 amide bonds. The van der Waals surface area contributed by atoms with Gasteiger partial charge in [0, 0.05) is 12.2 Å². The van der Waals surface area contributed by atoms with E-state index in [1.807, 2.05) is 19.9 Å². The van der Waals surface area contributed by atoms with Crippen molar-refractivity contribution in [2.45, 2.75) is 27.0 Å². The average molecular weight is 218 g/mol. The van der Waals surface area contributed by atoms with E-state index in [-0.39, 0.29) is 6.61 Å². The number of rotatable bonds is 4. The molecule has 0 atom stereocenters. The van der Waals surface area contributed by atoms with Gasteiger partial charge in [0.25, 0.3) is 10.1 Å². The van der Waals surface area contributed by atoms with Gasteiger partial charge in [-0.25, -0.2) is 0 Å². The van der Waals surface area contributed by atoms with Crippen LogP contribution in [0.25, 0.3) is 0 Å². The maximum Gasteiger partial charge on any atom is 0.264 e. The average Bonchev–Trinajstić information content (AvgIpc) is 2.42. The Morgan fingerprint density at radius 2 is 2.21 bits per heavy atom. The van der Waals surface area contributed by atoms with E-state index < -0.39 is 10.1 Å². The number of hydrogen-bond acceptors (Lipinski definition) is 4. The molecule has 0 aliphatic rings. The van der Waals surface area contributed by atoms with Crippen LogP contribution in [-0.2, 0) is 27.5 Å². The molecule has 0 aliphatic heterocycles. The molecule has 14 heavy (non-hydrogen) atoms. The Kier molecular flexibility index (Phi) is 3.28. The summed E-state index contributed by atoms with van der Waals surface area (Å²) >= 11 is 0. The third-order valence-electron chi connectivity index (χ3n) is 1.75. The number of aryl methyl sites for hydroxylation is 2. The lowest BCUT2D eigenvalue weighted by atomic mass is 10.4. The monoisotopic (exact) mass is 218 g/mol. The largest absolute Gasteiger partial charge is 0.270 e. The first-order chi connectivity index (χ1) is 6.42. The summed E-state index contributed by atoms with van der Waals surface area (Å²) in [6.45, 7) is 4.67. The van der Waals surface area contributed by atoms with Crippen LogP contribution < -0.4 is 0 Å². The quantitative estimate of drug-likeness (QED) is 0.697. The van der Waals surface area contributed by atoms with Crippen LogP contribution in [-0.4, -0.2) is 24.5 Å². The first-order valence-corrected chi connectivity index (χ1v) is 6.11. The van der Waals surface area contributed by atoms with Crippen molar-refractivity contribution >= 4 is 10.1 Å². The van der Waals surface area contributed by atoms with Crippen LogP contribution in [0.4, 0.5) is 0 Å². The minimum absolute atomic E-state index is 0.00662. The maximum absolute atomic E-state index is 10.7. The highest BCUT2D eigenvalue weighted by Crippen LogP contribution is 2.05. The lowest BCUT2D eigenvalue weighted by Crippen LogP contribution is -2.04. The summed E-state index contributed by atoms with van der Waals surface area (Å²) in [4.78, 5) is 0. The molecule has 0 unspecified atom stereocenters. The Bertz CT molecular complexity index is 408. The molecular weight excluding hydrogens is 204 g/mol. The van der Waals surface area contributed by atoms with Gasteiger partial charge in [0.05, 0.1) is 11.9 Å². The fourth-order valence-corrected chi connectivity index (χ4v) is 1.47. The topological polar surface area (TPSA) is 61.2 Å². The fraction of sp³-hybridized carbons (Fsp3) is 0.625. The van der Waals surface area contributed by atoms with Crippen LogP contribution >= 0.6 is 0 Å². The normalized spacial score (nSPS) is 11.9. The summed E-state index contributed by atoms with van der Waals surface area (Å²) in [6, 6.07) is 1.81. The van der Waals surface area contributed by atoms with Gasteiger partial charge in [-0.2, -0.15) is 13.5 Å². The van der Waals surface area contributed by atoms with Gasteiger partial charge >= 0.3 is 0 Å². The molecule has 1 heterocycles. The molecule has 1 aromatic heterocycles. The van der Waals surface area contributed by atoms with Crippen LogP contribution in [0.3, 0.4) is 0 Å².